The topological polar surface area (TPSA) is 44.4 Å². The molecule has 0 fully saturated rings. The monoisotopic (exact) mass is 353 g/mol. The molecule has 5 heteroatoms. The minimum atomic E-state index is -0.247. The lowest BCUT2D eigenvalue weighted by Crippen LogP contribution is -2.29. The molecule has 1 aromatic carbocycles. The zero-order valence-electron chi connectivity index (χ0n) is 13.4. The highest BCUT2D eigenvalue weighted by Gasteiger charge is 2.31. The summed E-state index contributed by atoms with van der Waals surface area (Å²) in [4.78, 5) is 14.3. The third-order valence-corrected chi connectivity index (χ3v) is 4.12. The van der Waals surface area contributed by atoms with E-state index >= 15 is 0 Å². The lowest BCUT2D eigenvalue weighted by molar-refractivity contribution is -0.117. The van der Waals surface area contributed by atoms with Crippen molar-refractivity contribution in [2.24, 2.45) is 5.41 Å². The number of carbonyl (C=O) groups is 1. The molecule has 0 spiro atoms. The maximum absolute atomic E-state index is 12.0. The number of anilines is 2. The van der Waals surface area contributed by atoms with Crippen LogP contribution in [0.3, 0.4) is 0 Å². The van der Waals surface area contributed by atoms with E-state index in [4.69, 9.17) is 0 Å². The Morgan fingerprint density at radius 1 is 1.38 bits per heavy atom. The molecule has 1 aromatic rings. The Morgan fingerprint density at radius 3 is 2.62 bits per heavy atom. The second kappa shape index (κ2) is 5.97. The van der Waals surface area contributed by atoms with Gasteiger partial charge in [0.1, 0.15) is 6.04 Å². The molecule has 4 nitrogen and oxygen atoms in total. The van der Waals surface area contributed by atoms with Gasteiger partial charge in [-0.25, -0.2) is 0 Å². The number of likely N-dealkylation sites (N-methyl/N-ethyl adjacent to an activating group) is 1. The van der Waals surface area contributed by atoms with Gasteiger partial charge in [0, 0.05) is 29.3 Å². The second-order valence-corrected chi connectivity index (χ2v) is 7.64. The van der Waals surface area contributed by atoms with E-state index < -0.39 is 0 Å². The smallest absolute Gasteiger partial charge is 0.246 e. The fourth-order valence-corrected chi connectivity index (χ4v) is 3.43. The van der Waals surface area contributed by atoms with Crippen molar-refractivity contribution in [3.8, 4) is 0 Å². The molecule has 1 unspecified atom stereocenters. The van der Waals surface area contributed by atoms with Gasteiger partial charge < -0.3 is 15.5 Å². The van der Waals surface area contributed by atoms with E-state index in [9.17, 15) is 4.79 Å². The molecule has 2 rings (SSSR count). The van der Waals surface area contributed by atoms with E-state index in [1.807, 2.05) is 6.92 Å². The first-order valence-electron chi connectivity index (χ1n) is 7.32. The van der Waals surface area contributed by atoms with Crippen LogP contribution >= 0.6 is 15.9 Å². The maximum Gasteiger partial charge on any atom is 0.246 e. The molecule has 0 saturated heterocycles. The molecule has 21 heavy (non-hydrogen) atoms. The maximum atomic E-state index is 12.0. The number of nitrogens with zero attached hydrogens (tertiary/aromatic N) is 1. The van der Waals surface area contributed by atoms with Crippen LogP contribution in [0.5, 0.6) is 0 Å². The number of halogens is 1. The van der Waals surface area contributed by atoms with Crippen molar-refractivity contribution >= 4 is 33.2 Å². The average molecular weight is 354 g/mol. The molecule has 0 aliphatic carbocycles. The molecule has 2 N–H and O–H groups in total. The highest BCUT2D eigenvalue weighted by atomic mass is 79.9. The van der Waals surface area contributed by atoms with Gasteiger partial charge in [-0.05, 0) is 40.0 Å². The summed E-state index contributed by atoms with van der Waals surface area (Å²) >= 11 is 3.65. The van der Waals surface area contributed by atoms with Crippen LogP contribution in [-0.2, 0) is 4.79 Å². The Hall–Kier alpha value is -1.07. The molecule has 116 valence electrons. The normalized spacial score (nSPS) is 17.6. The van der Waals surface area contributed by atoms with Crippen molar-refractivity contribution in [1.82, 2.24) is 5.32 Å². The van der Waals surface area contributed by atoms with E-state index in [1.165, 1.54) is 0 Å². The summed E-state index contributed by atoms with van der Waals surface area (Å²) in [7, 11) is 2.08. The van der Waals surface area contributed by atoms with E-state index in [0.717, 1.165) is 34.5 Å². The number of hydrogen-bond donors (Lipinski definition) is 2. The number of amides is 1. The van der Waals surface area contributed by atoms with Gasteiger partial charge in [-0.15, -0.1) is 0 Å². The summed E-state index contributed by atoms with van der Waals surface area (Å²) in [5.74, 6) is 0.0226. The van der Waals surface area contributed by atoms with Crippen LogP contribution in [0.1, 0.15) is 39.3 Å². The van der Waals surface area contributed by atoms with Crippen LogP contribution in [0.25, 0.3) is 0 Å². The largest absolute Gasteiger partial charge is 0.373 e. The molecular formula is C16H24BrN3O. The summed E-state index contributed by atoms with van der Waals surface area (Å²) in [5, 5.41) is 6.19. The predicted molar refractivity (Wildman–Crippen MR) is 91.9 cm³/mol. The molecule has 1 atom stereocenters. The number of hydrogen-bond acceptors (Lipinski definition) is 3. The van der Waals surface area contributed by atoms with Crippen LogP contribution in [0.2, 0.25) is 0 Å². The lowest BCUT2D eigenvalue weighted by atomic mass is 9.96. The van der Waals surface area contributed by atoms with Crippen LogP contribution in [0.4, 0.5) is 11.4 Å². The zero-order chi connectivity index (χ0) is 15.8. The first-order chi connectivity index (χ1) is 9.73. The molecule has 0 aromatic heterocycles. The molecule has 1 amide bonds. The minimum absolute atomic E-state index is 0.0226. The van der Waals surface area contributed by atoms with Crippen molar-refractivity contribution in [3.05, 3.63) is 22.2 Å². The average Bonchev–Trinajstić information content (AvgIpc) is 2.63. The van der Waals surface area contributed by atoms with Crippen LogP contribution in [-0.4, -0.2) is 26.0 Å². The molecule has 1 aliphatic heterocycles. The quantitative estimate of drug-likeness (QED) is 0.869. The molecule has 0 saturated carbocycles. The van der Waals surface area contributed by atoms with Gasteiger partial charge in [0.2, 0.25) is 5.91 Å². The summed E-state index contributed by atoms with van der Waals surface area (Å²) in [6.45, 7) is 10.4. The van der Waals surface area contributed by atoms with Gasteiger partial charge in [-0.2, -0.15) is 0 Å². The number of rotatable bonds is 4. The molecule has 0 radical (unpaired) electrons. The highest BCUT2D eigenvalue weighted by molar-refractivity contribution is 9.10. The summed E-state index contributed by atoms with van der Waals surface area (Å²) in [6.07, 6.45) is 0. The summed E-state index contributed by atoms with van der Waals surface area (Å²) in [6, 6.07) is 3.86. The standard InChI is InChI=1S/C16H24BrN3O/c1-6-18-14-10-7-11(17)13(8-12(10)19-15(14)21)20(5)9-16(2,3)4/h7-8,14,18H,6,9H2,1-5H3,(H,19,21). The zero-order valence-corrected chi connectivity index (χ0v) is 15.0. The fraction of sp³-hybridized carbons (Fsp3) is 0.562. The number of nitrogens with one attached hydrogen (secondary N) is 2. The first kappa shape index (κ1) is 16.3. The Labute approximate surface area is 135 Å². The van der Waals surface area contributed by atoms with Gasteiger partial charge in [-0.3, -0.25) is 4.79 Å². The van der Waals surface area contributed by atoms with Crippen molar-refractivity contribution in [2.45, 2.75) is 33.7 Å². The third-order valence-electron chi connectivity index (χ3n) is 3.48. The highest BCUT2D eigenvalue weighted by Crippen LogP contribution is 2.39. The van der Waals surface area contributed by atoms with Crippen LogP contribution < -0.4 is 15.5 Å². The lowest BCUT2D eigenvalue weighted by Gasteiger charge is -2.29. The summed E-state index contributed by atoms with van der Waals surface area (Å²) in [5.41, 5.74) is 3.23. The van der Waals surface area contributed by atoms with Gasteiger partial charge in [0.15, 0.2) is 0 Å². The van der Waals surface area contributed by atoms with E-state index in [-0.39, 0.29) is 17.4 Å². The van der Waals surface area contributed by atoms with Crippen molar-refractivity contribution in [3.63, 3.8) is 0 Å². The Balaban J connectivity index is 2.33. The van der Waals surface area contributed by atoms with Gasteiger partial charge in [-0.1, -0.05) is 27.7 Å². The number of fused-ring (bicyclic) bond motifs is 1. The fourth-order valence-electron chi connectivity index (χ4n) is 2.77. The van der Waals surface area contributed by atoms with Gasteiger partial charge in [0.25, 0.3) is 0 Å². The van der Waals surface area contributed by atoms with Gasteiger partial charge in [0.05, 0.1) is 5.69 Å². The van der Waals surface area contributed by atoms with Crippen molar-refractivity contribution in [1.29, 1.82) is 0 Å². The summed E-state index contributed by atoms with van der Waals surface area (Å²) < 4.78 is 1.02. The van der Waals surface area contributed by atoms with E-state index in [2.05, 4.69) is 71.4 Å². The molecule has 1 heterocycles. The Kier molecular flexibility index (Phi) is 4.63. The number of carbonyl (C=O) groups excluding carboxylic acids is 1. The van der Waals surface area contributed by atoms with Crippen molar-refractivity contribution in [2.75, 3.05) is 30.4 Å². The molecular weight excluding hydrogens is 330 g/mol. The SMILES string of the molecule is CCNC1C(=O)Nc2cc(N(C)CC(C)(C)C)c(Br)cc21. The molecule has 0 bridgehead atoms. The first-order valence-corrected chi connectivity index (χ1v) is 8.11. The Bertz CT molecular complexity index is 551. The van der Waals surface area contributed by atoms with Crippen molar-refractivity contribution < 1.29 is 4.79 Å². The third kappa shape index (κ3) is 3.58. The van der Waals surface area contributed by atoms with Gasteiger partial charge >= 0.3 is 0 Å². The minimum Gasteiger partial charge on any atom is -0.373 e. The Morgan fingerprint density at radius 2 is 2.05 bits per heavy atom. The van der Waals surface area contributed by atoms with Crippen LogP contribution in [0, 0.1) is 5.41 Å². The second-order valence-electron chi connectivity index (χ2n) is 6.79. The number of benzene rings is 1. The predicted octanol–water partition coefficient (Wildman–Crippen LogP) is 3.53. The van der Waals surface area contributed by atoms with Crippen LogP contribution in [0.15, 0.2) is 16.6 Å². The van der Waals surface area contributed by atoms with E-state index in [1.54, 1.807) is 0 Å². The van der Waals surface area contributed by atoms with E-state index in [0.29, 0.717) is 0 Å². The molecule has 1 aliphatic rings.